The molecule has 0 saturated carbocycles. The summed E-state index contributed by atoms with van der Waals surface area (Å²) < 4.78 is 15.8. The fourth-order valence-electron chi connectivity index (χ4n) is 2.90. The van der Waals surface area contributed by atoms with E-state index in [0.717, 1.165) is 5.56 Å². The second-order valence-corrected chi connectivity index (χ2v) is 6.49. The van der Waals surface area contributed by atoms with Crippen LogP contribution in [0.4, 0.5) is 0 Å². The van der Waals surface area contributed by atoms with Crippen LogP contribution in [0.5, 0.6) is 11.5 Å². The molecule has 0 radical (unpaired) electrons. The summed E-state index contributed by atoms with van der Waals surface area (Å²) in [5.74, 6) is 0.938. The summed E-state index contributed by atoms with van der Waals surface area (Å²) in [6.07, 6.45) is 3.50. The van der Waals surface area contributed by atoms with Crippen molar-refractivity contribution in [3.8, 4) is 11.5 Å². The third kappa shape index (κ3) is 5.53. The lowest BCUT2D eigenvalue weighted by molar-refractivity contribution is -0.143. The van der Waals surface area contributed by atoms with E-state index in [4.69, 9.17) is 26.4 Å². The van der Waals surface area contributed by atoms with Crippen molar-refractivity contribution in [3.63, 3.8) is 0 Å². The van der Waals surface area contributed by atoms with E-state index in [1.165, 1.54) is 0 Å². The number of allylic oxidation sites excluding steroid dienone is 1. The first-order valence-corrected chi connectivity index (χ1v) is 9.33. The van der Waals surface area contributed by atoms with E-state index in [1.807, 2.05) is 11.0 Å². The van der Waals surface area contributed by atoms with Gasteiger partial charge in [-0.1, -0.05) is 12.2 Å². The topological polar surface area (TPSA) is 65.1 Å². The zero-order chi connectivity index (χ0) is 19.8. The predicted molar refractivity (Wildman–Crippen MR) is 107 cm³/mol. The van der Waals surface area contributed by atoms with Gasteiger partial charge in [-0.3, -0.25) is 9.59 Å². The summed E-state index contributed by atoms with van der Waals surface area (Å²) in [7, 11) is 3.14. The maximum atomic E-state index is 12.3. The van der Waals surface area contributed by atoms with Crippen LogP contribution < -0.4 is 9.47 Å². The number of benzene rings is 1. The molecule has 7 heteroatoms. The number of ketones is 1. The molecule has 1 aliphatic heterocycles. The molecule has 146 valence electrons. The van der Waals surface area contributed by atoms with Gasteiger partial charge in [-0.25, -0.2) is 0 Å². The first-order chi connectivity index (χ1) is 13.0. The van der Waals surface area contributed by atoms with E-state index in [2.05, 4.69) is 0 Å². The minimum atomic E-state index is -0.297. The van der Waals surface area contributed by atoms with Crippen molar-refractivity contribution in [2.24, 2.45) is 0 Å². The molecule has 0 bridgehead atoms. The van der Waals surface area contributed by atoms with Gasteiger partial charge >= 0.3 is 5.97 Å². The van der Waals surface area contributed by atoms with Crippen molar-refractivity contribution < 1.29 is 23.8 Å². The maximum Gasteiger partial charge on any atom is 0.307 e. The first-order valence-electron chi connectivity index (χ1n) is 8.93. The number of esters is 1. The fraction of sp³-hybridized carbons (Fsp3) is 0.450. The highest BCUT2D eigenvalue weighted by molar-refractivity contribution is 7.80. The van der Waals surface area contributed by atoms with Crippen LogP contribution in [0.1, 0.15) is 38.2 Å². The lowest BCUT2D eigenvalue weighted by Crippen LogP contribution is -2.32. The number of rotatable bonds is 7. The predicted octanol–water partition coefficient (Wildman–Crippen LogP) is 3.38. The van der Waals surface area contributed by atoms with Crippen molar-refractivity contribution >= 4 is 34.7 Å². The van der Waals surface area contributed by atoms with E-state index in [-0.39, 0.29) is 18.2 Å². The number of thiocarbonyl (C=S) groups is 1. The smallest absolute Gasteiger partial charge is 0.307 e. The Labute approximate surface area is 165 Å². The molecule has 1 heterocycles. The Hall–Kier alpha value is -2.41. The van der Waals surface area contributed by atoms with Crippen LogP contribution in [-0.2, 0) is 14.3 Å². The summed E-state index contributed by atoms with van der Waals surface area (Å²) in [5.41, 5.74) is 1.35. The zero-order valence-electron chi connectivity index (χ0n) is 15.9. The van der Waals surface area contributed by atoms with Crippen molar-refractivity contribution in [1.29, 1.82) is 0 Å². The average molecular weight is 391 g/mol. The first kappa shape index (κ1) is 20.9. The quantitative estimate of drug-likeness (QED) is 0.521. The molecule has 0 saturated heterocycles. The minimum Gasteiger partial charge on any atom is -0.497 e. The van der Waals surface area contributed by atoms with E-state index in [0.29, 0.717) is 54.6 Å². The Morgan fingerprint density at radius 1 is 1.22 bits per heavy atom. The van der Waals surface area contributed by atoms with E-state index in [9.17, 15) is 9.59 Å². The fourth-order valence-corrected chi connectivity index (χ4v) is 3.23. The molecule has 0 spiro atoms. The van der Waals surface area contributed by atoms with E-state index in [1.54, 1.807) is 39.4 Å². The lowest BCUT2D eigenvalue weighted by Gasteiger charge is -2.30. The molecule has 0 atom stereocenters. The highest BCUT2D eigenvalue weighted by Crippen LogP contribution is 2.34. The molecule has 1 aromatic rings. The standard InChI is InChI=1S/C20H25NO5S/c1-4-26-20(23)10-11-21-17(12-14(22)6-5-7-19(21)27)16-9-8-15(24-2)13-18(16)25-3/h8-9,12-13H,4-7,10-11H2,1-3H3. The van der Waals surface area contributed by atoms with Crippen molar-refractivity contribution in [1.82, 2.24) is 4.90 Å². The third-order valence-electron chi connectivity index (χ3n) is 4.23. The van der Waals surface area contributed by atoms with Crippen molar-refractivity contribution in [2.75, 3.05) is 27.4 Å². The van der Waals surface area contributed by atoms with Crippen LogP contribution in [0, 0.1) is 0 Å². The molecule has 0 unspecified atom stereocenters. The summed E-state index contributed by atoms with van der Waals surface area (Å²) in [6, 6.07) is 5.39. The normalized spacial score (nSPS) is 14.9. The molecular formula is C20H25NO5S. The Bertz CT molecular complexity index is 744. The molecule has 0 aromatic heterocycles. The molecule has 0 N–H and O–H groups in total. The van der Waals surface area contributed by atoms with Gasteiger partial charge in [0.25, 0.3) is 0 Å². The summed E-state index contributed by atoms with van der Waals surface area (Å²) >= 11 is 5.59. The average Bonchev–Trinajstić information content (AvgIpc) is 2.65. The number of carbonyl (C=O) groups is 2. The van der Waals surface area contributed by atoms with Gasteiger partial charge in [0, 0.05) is 30.7 Å². The van der Waals surface area contributed by atoms with Crippen LogP contribution in [-0.4, -0.2) is 49.0 Å². The Morgan fingerprint density at radius 2 is 2.00 bits per heavy atom. The number of hydrogen-bond acceptors (Lipinski definition) is 6. The molecule has 1 aromatic carbocycles. The number of methoxy groups -OCH3 is 2. The van der Waals surface area contributed by atoms with E-state index >= 15 is 0 Å². The van der Waals surface area contributed by atoms with Gasteiger partial charge in [-0.05, 0) is 31.9 Å². The largest absolute Gasteiger partial charge is 0.497 e. The van der Waals surface area contributed by atoms with Crippen LogP contribution in [0.15, 0.2) is 24.3 Å². The molecule has 6 nitrogen and oxygen atoms in total. The van der Waals surface area contributed by atoms with Gasteiger partial charge in [0.15, 0.2) is 5.78 Å². The molecule has 27 heavy (non-hydrogen) atoms. The van der Waals surface area contributed by atoms with Crippen LogP contribution >= 0.6 is 12.2 Å². The minimum absolute atomic E-state index is 0.0199. The molecule has 0 fully saturated rings. The molecule has 0 aliphatic carbocycles. The number of nitrogens with zero attached hydrogens (tertiary/aromatic N) is 1. The van der Waals surface area contributed by atoms with Gasteiger partial charge in [0.05, 0.1) is 37.9 Å². The van der Waals surface area contributed by atoms with Crippen molar-refractivity contribution in [3.05, 3.63) is 29.8 Å². The van der Waals surface area contributed by atoms with Crippen LogP contribution in [0.3, 0.4) is 0 Å². The number of hydrogen-bond donors (Lipinski definition) is 0. The monoisotopic (exact) mass is 391 g/mol. The van der Waals surface area contributed by atoms with Crippen LogP contribution in [0.25, 0.3) is 5.70 Å². The van der Waals surface area contributed by atoms with Crippen LogP contribution in [0.2, 0.25) is 0 Å². The third-order valence-corrected chi connectivity index (χ3v) is 4.66. The SMILES string of the molecule is CCOC(=O)CCN1C(=S)CCCC(=O)C=C1c1ccc(OC)cc1OC. The van der Waals surface area contributed by atoms with Gasteiger partial charge in [-0.15, -0.1) is 0 Å². The summed E-state index contributed by atoms with van der Waals surface area (Å²) in [4.78, 5) is 26.7. The maximum absolute atomic E-state index is 12.3. The van der Waals surface area contributed by atoms with Gasteiger partial charge < -0.3 is 19.1 Å². The second kappa shape index (κ2) is 10.1. The summed E-state index contributed by atoms with van der Waals surface area (Å²) in [5, 5.41) is 0. The van der Waals surface area contributed by atoms with Gasteiger partial charge in [-0.2, -0.15) is 0 Å². The lowest BCUT2D eigenvalue weighted by atomic mass is 10.0. The number of carbonyl (C=O) groups excluding carboxylic acids is 2. The van der Waals surface area contributed by atoms with Crippen molar-refractivity contribution in [2.45, 2.75) is 32.6 Å². The number of ether oxygens (including phenoxy) is 3. The van der Waals surface area contributed by atoms with Gasteiger partial charge in [0.1, 0.15) is 11.5 Å². The molecule has 0 amide bonds. The molecule has 1 aliphatic rings. The Kier molecular flexibility index (Phi) is 7.79. The molecule has 2 rings (SSSR count). The van der Waals surface area contributed by atoms with E-state index < -0.39 is 0 Å². The zero-order valence-corrected chi connectivity index (χ0v) is 16.8. The summed E-state index contributed by atoms with van der Waals surface area (Å²) in [6.45, 7) is 2.44. The highest BCUT2D eigenvalue weighted by Gasteiger charge is 2.24. The second-order valence-electron chi connectivity index (χ2n) is 6.02. The Morgan fingerprint density at radius 3 is 2.67 bits per heavy atom. The molecular weight excluding hydrogens is 366 g/mol. The van der Waals surface area contributed by atoms with Gasteiger partial charge in [0.2, 0.25) is 0 Å². The Balaban J connectivity index is 2.44. The highest BCUT2D eigenvalue weighted by atomic mass is 32.1.